The van der Waals surface area contributed by atoms with Crippen LogP contribution in [0.1, 0.15) is 0 Å². The fourth-order valence-electron chi connectivity index (χ4n) is 1.94. The number of nitrogens with one attached hydrogen (secondary N) is 1. The maximum atomic E-state index is 3.48. The molecule has 0 saturated carbocycles. The van der Waals surface area contributed by atoms with Crippen LogP contribution in [-0.4, -0.2) is 11.2 Å². The van der Waals surface area contributed by atoms with Crippen molar-refractivity contribution in [3.05, 3.63) is 54.6 Å². The van der Waals surface area contributed by atoms with Crippen LogP contribution >= 0.6 is 23.5 Å². The highest BCUT2D eigenvalue weighted by molar-refractivity contribution is 8.02. The Morgan fingerprint density at radius 1 is 0.889 bits per heavy atom. The molecule has 0 saturated heterocycles. The van der Waals surface area contributed by atoms with Gasteiger partial charge >= 0.3 is 0 Å². The summed E-state index contributed by atoms with van der Waals surface area (Å²) >= 11 is 3.59. The number of hydrogen-bond acceptors (Lipinski definition) is 2. The monoisotopic (exact) mass is 271 g/mol. The fourth-order valence-corrected chi connectivity index (χ4v) is 3.79. The molecule has 1 aromatic heterocycles. The van der Waals surface area contributed by atoms with Crippen molar-refractivity contribution in [2.45, 2.75) is 14.8 Å². The molecule has 0 spiro atoms. The van der Waals surface area contributed by atoms with E-state index in [0.29, 0.717) is 0 Å². The van der Waals surface area contributed by atoms with E-state index in [1.54, 1.807) is 11.8 Å². The van der Waals surface area contributed by atoms with E-state index in [4.69, 9.17) is 0 Å². The lowest BCUT2D eigenvalue weighted by Gasteiger charge is -2.02. The van der Waals surface area contributed by atoms with Crippen molar-refractivity contribution >= 4 is 34.4 Å². The second kappa shape index (κ2) is 5.12. The van der Waals surface area contributed by atoms with E-state index >= 15 is 0 Å². The maximum Gasteiger partial charge on any atom is 0.0872 e. The van der Waals surface area contributed by atoms with Gasteiger partial charge in [0.2, 0.25) is 0 Å². The van der Waals surface area contributed by atoms with Gasteiger partial charge in [-0.25, -0.2) is 0 Å². The number of aromatic nitrogens is 1. The van der Waals surface area contributed by atoms with E-state index in [0.717, 1.165) is 0 Å². The Kier molecular flexibility index (Phi) is 3.35. The summed E-state index contributed by atoms with van der Waals surface area (Å²) in [5, 5.41) is 2.54. The van der Waals surface area contributed by atoms with Crippen molar-refractivity contribution in [1.29, 1.82) is 0 Å². The number of H-pyrrole nitrogens is 1. The molecule has 0 atom stereocenters. The van der Waals surface area contributed by atoms with Crippen molar-refractivity contribution in [3.63, 3.8) is 0 Å². The Morgan fingerprint density at radius 3 is 2.39 bits per heavy atom. The lowest BCUT2D eigenvalue weighted by molar-refractivity contribution is 1.15. The summed E-state index contributed by atoms with van der Waals surface area (Å²) in [6.45, 7) is 0. The Hall–Kier alpha value is -1.32. The normalized spacial score (nSPS) is 10.9. The van der Waals surface area contributed by atoms with Gasteiger partial charge in [0.25, 0.3) is 0 Å². The number of thioether (sulfide) groups is 1. The highest BCUT2D eigenvalue weighted by atomic mass is 32.2. The van der Waals surface area contributed by atoms with E-state index in [2.05, 4.69) is 65.8 Å². The molecule has 3 aromatic rings. The summed E-state index contributed by atoms with van der Waals surface area (Å²) in [6, 6.07) is 19.0. The predicted molar refractivity (Wildman–Crippen MR) is 80.6 cm³/mol. The van der Waals surface area contributed by atoms with Crippen molar-refractivity contribution in [2.24, 2.45) is 0 Å². The average Bonchev–Trinajstić information content (AvgIpc) is 2.78. The van der Waals surface area contributed by atoms with E-state index in [1.807, 2.05) is 11.8 Å². The van der Waals surface area contributed by atoms with Gasteiger partial charge in [-0.1, -0.05) is 48.2 Å². The summed E-state index contributed by atoms with van der Waals surface area (Å²) in [7, 11) is 0. The minimum Gasteiger partial charge on any atom is -0.349 e. The molecule has 3 heteroatoms. The summed E-state index contributed by atoms with van der Waals surface area (Å²) in [5.74, 6) is 0. The highest BCUT2D eigenvalue weighted by Gasteiger charge is 2.11. The van der Waals surface area contributed by atoms with Crippen LogP contribution in [0.5, 0.6) is 0 Å². The first-order valence-corrected chi connectivity index (χ1v) is 7.80. The summed E-state index contributed by atoms with van der Waals surface area (Å²) in [6.07, 6.45) is 2.11. The number of aromatic amines is 1. The van der Waals surface area contributed by atoms with Gasteiger partial charge in [0.1, 0.15) is 0 Å². The van der Waals surface area contributed by atoms with Gasteiger partial charge in [0, 0.05) is 15.8 Å². The molecule has 18 heavy (non-hydrogen) atoms. The average molecular weight is 271 g/mol. The zero-order valence-corrected chi connectivity index (χ0v) is 11.6. The number of para-hydroxylation sites is 1. The first-order valence-electron chi connectivity index (χ1n) is 5.76. The second-order valence-electron chi connectivity index (χ2n) is 3.95. The molecule has 0 unspecified atom stereocenters. The third-order valence-corrected chi connectivity index (χ3v) is 4.77. The molecule has 0 amide bonds. The number of rotatable bonds is 3. The van der Waals surface area contributed by atoms with Gasteiger partial charge in [-0.05, 0) is 24.5 Å². The van der Waals surface area contributed by atoms with Crippen LogP contribution in [0.15, 0.2) is 69.4 Å². The molecule has 0 radical (unpaired) electrons. The Bertz CT molecular complexity index is 659. The third kappa shape index (κ3) is 2.16. The smallest absolute Gasteiger partial charge is 0.0872 e. The minimum atomic E-state index is 1.21. The quantitative estimate of drug-likeness (QED) is 0.671. The van der Waals surface area contributed by atoms with Crippen molar-refractivity contribution in [2.75, 3.05) is 6.26 Å². The van der Waals surface area contributed by atoms with Crippen LogP contribution < -0.4 is 0 Å². The van der Waals surface area contributed by atoms with E-state index in [1.165, 1.54) is 25.7 Å². The molecule has 1 nitrogen and oxygen atoms in total. The Labute approximate surface area is 115 Å². The van der Waals surface area contributed by atoms with Gasteiger partial charge in [-0.15, -0.1) is 11.8 Å². The Morgan fingerprint density at radius 2 is 1.61 bits per heavy atom. The van der Waals surface area contributed by atoms with Gasteiger partial charge in [0.05, 0.1) is 9.92 Å². The molecule has 0 fully saturated rings. The highest BCUT2D eigenvalue weighted by Crippen LogP contribution is 2.39. The standard InChI is InChI=1S/C15H13NS2/c1-17-15-14(18-11-7-3-2-4-8-11)12-9-5-6-10-13(12)16-15/h2-10,16H,1H3. The molecule has 0 bridgehead atoms. The van der Waals surface area contributed by atoms with Crippen LogP contribution in [0.25, 0.3) is 10.9 Å². The Balaban J connectivity index is 2.10. The predicted octanol–water partition coefficient (Wildman–Crippen LogP) is 5.04. The SMILES string of the molecule is CSc1[nH]c2ccccc2c1Sc1ccccc1. The molecular weight excluding hydrogens is 258 g/mol. The largest absolute Gasteiger partial charge is 0.349 e. The van der Waals surface area contributed by atoms with Gasteiger partial charge in [0.15, 0.2) is 0 Å². The van der Waals surface area contributed by atoms with Crippen molar-refractivity contribution < 1.29 is 0 Å². The van der Waals surface area contributed by atoms with E-state index in [9.17, 15) is 0 Å². The lowest BCUT2D eigenvalue weighted by Crippen LogP contribution is -1.74. The van der Waals surface area contributed by atoms with E-state index < -0.39 is 0 Å². The summed E-state index contributed by atoms with van der Waals surface area (Å²) in [5.41, 5.74) is 1.21. The summed E-state index contributed by atoms with van der Waals surface area (Å²) < 4.78 is 0. The molecular formula is C15H13NS2. The lowest BCUT2D eigenvalue weighted by atomic mass is 10.2. The van der Waals surface area contributed by atoms with Gasteiger partial charge in [-0.3, -0.25) is 0 Å². The number of hydrogen-bond donors (Lipinski definition) is 1. The molecule has 0 aliphatic rings. The zero-order valence-electron chi connectivity index (χ0n) is 10.0. The summed E-state index contributed by atoms with van der Waals surface area (Å²) in [4.78, 5) is 6.08. The van der Waals surface area contributed by atoms with E-state index in [-0.39, 0.29) is 0 Å². The van der Waals surface area contributed by atoms with Crippen molar-refractivity contribution in [3.8, 4) is 0 Å². The second-order valence-corrected chi connectivity index (χ2v) is 5.85. The van der Waals surface area contributed by atoms with Crippen LogP contribution in [0.3, 0.4) is 0 Å². The maximum absolute atomic E-state index is 3.48. The molecule has 0 aliphatic carbocycles. The van der Waals surface area contributed by atoms with Crippen LogP contribution in [-0.2, 0) is 0 Å². The topological polar surface area (TPSA) is 15.8 Å². The van der Waals surface area contributed by atoms with Crippen molar-refractivity contribution in [1.82, 2.24) is 4.98 Å². The molecule has 0 aliphatic heterocycles. The van der Waals surface area contributed by atoms with Gasteiger partial charge < -0.3 is 4.98 Å². The van der Waals surface area contributed by atoms with Crippen LogP contribution in [0.2, 0.25) is 0 Å². The minimum absolute atomic E-state index is 1.21. The number of benzene rings is 2. The molecule has 3 rings (SSSR count). The fraction of sp³-hybridized carbons (Fsp3) is 0.0667. The first kappa shape index (κ1) is 11.8. The molecule has 2 aromatic carbocycles. The van der Waals surface area contributed by atoms with Crippen LogP contribution in [0, 0.1) is 0 Å². The number of fused-ring (bicyclic) bond motifs is 1. The van der Waals surface area contributed by atoms with Gasteiger partial charge in [-0.2, -0.15) is 0 Å². The molecule has 90 valence electrons. The first-order chi connectivity index (χ1) is 8.88. The van der Waals surface area contributed by atoms with Crippen LogP contribution in [0.4, 0.5) is 0 Å². The third-order valence-electron chi connectivity index (χ3n) is 2.79. The molecule has 1 N–H and O–H groups in total. The molecule has 1 heterocycles. The zero-order chi connectivity index (χ0) is 12.4.